The molecule has 0 radical (unpaired) electrons. The second-order valence-corrected chi connectivity index (χ2v) is 12.0. The lowest BCUT2D eigenvalue weighted by atomic mass is 9.81. The van der Waals surface area contributed by atoms with Gasteiger partial charge in [0.1, 0.15) is 23.3 Å². The summed E-state index contributed by atoms with van der Waals surface area (Å²) in [5, 5.41) is 10.0. The minimum Gasteiger partial charge on any atom is -0.444 e. The molecule has 246 valence electrons. The molecule has 9 nitrogen and oxygen atoms in total. The number of alkyl carbamates (subject to hydrolysis) is 1. The van der Waals surface area contributed by atoms with Gasteiger partial charge < -0.3 is 15.4 Å². The van der Waals surface area contributed by atoms with Crippen LogP contribution >= 0.6 is 0 Å². The lowest BCUT2D eigenvalue weighted by Crippen LogP contribution is -2.56. The van der Waals surface area contributed by atoms with Gasteiger partial charge in [0.15, 0.2) is 0 Å². The molecule has 0 bridgehead atoms. The van der Waals surface area contributed by atoms with Crippen LogP contribution in [0.5, 0.6) is 0 Å². The molecular weight excluding hydrogens is 618 g/mol. The zero-order chi connectivity index (χ0) is 34.1. The van der Waals surface area contributed by atoms with E-state index >= 15 is 0 Å². The highest BCUT2D eigenvalue weighted by molar-refractivity contribution is 6.05. The number of fused-ring (bicyclic) bond motifs is 1. The Kier molecular flexibility index (Phi) is 9.10. The van der Waals surface area contributed by atoms with Gasteiger partial charge in [0.25, 0.3) is 11.8 Å². The quantitative estimate of drug-likeness (QED) is 0.234. The van der Waals surface area contributed by atoms with Crippen molar-refractivity contribution in [2.24, 2.45) is 0 Å². The number of rotatable bonds is 7. The number of para-hydroxylation sites is 1. The molecule has 4 aromatic rings. The van der Waals surface area contributed by atoms with E-state index < -0.39 is 53.0 Å². The van der Waals surface area contributed by atoms with Crippen LogP contribution < -0.4 is 15.5 Å². The number of nitrogens with one attached hydrogen (secondary N) is 2. The number of nitrogens with zero attached hydrogens (tertiary/aromatic N) is 3. The van der Waals surface area contributed by atoms with Crippen molar-refractivity contribution in [3.05, 3.63) is 113 Å². The molecule has 2 atom stereocenters. The van der Waals surface area contributed by atoms with Gasteiger partial charge in [0.05, 0.1) is 16.9 Å². The minimum atomic E-state index is -4.69. The highest BCUT2D eigenvalue weighted by atomic mass is 19.4. The molecule has 5 rings (SSSR count). The van der Waals surface area contributed by atoms with Crippen LogP contribution in [0.1, 0.15) is 59.4 Å². The van der Waals surface area contributed by atoms with E-state index in [1.54, 1.807) is 56.6 Å². The molecule has 2 heterocycles. The van der Waals surface area contributed by atoms with Crippen molar-refractivity contribution in [3.8, 4) is 5.69 Å². The van der Waals surface area contributed by atoms with Gasteiger partial charge in [-0.3, -0.25) is 14.5 Å². The average Bonchev–Trinajstić information content (AvgIpc) is 3.35. The minimum absolute atomic E-state index is 0.0470. The third-order valence-corrected chi connectivity index (χ3v) is 7.49. The van der Waals surface area contributed by atoms with Gasteiger partial charge in [-0.2, -0.15) is 18.3 Å². The van der Waals surface area contributed by atoms with Gasteiger partial charge in [-0.05, 0) is 75.7 Å². The Hall–Kier alpha value is -5.20. The number of hydrogen-bond acceptors (Lipinski definition) is 5. The fraction of sp³-hybridized carbons (Fsp3) is 0.294. The maximum atomic E-state index is 14.5. The predicted octanol–water partition coefficient (Wildman–Crippen LogP) is 6.14. The molecule has 47 heavy (non-hydrogen) atoms. The summed E-state index contributed by atoms with van der Waals surface area (Å²) in [6, 6.07) is 17.0. The van der Waals surface area contributed by atoms with Crippen LogP contribution in [-0.4, -0.2) is 52.4 Å². The first-order valence-electron chi connectivity index (χ1n) is 14.8. The molecular formula is C34H33F4N5O4. The number of alkyl halides is 3. The number of aryl methyl sites for hydroxylation is 1. The van der Waals surface area contributed by atoms with Crippen molar-refractivity contribution in [1.82, 2.24) is 20.4 Å². The number of anilines is 1. The van der Waals surface area contributed by atoms with E-state index in [-0.39, 0.29) is 18.7 Å². The Labute approximate surface area is 268 Å². The fourth-order valence-electron chi connectivity index (χ4n) is 5.52. The van der Waals surface area contributed by atoms with E-state index in [1.807, 2.05) is 6.07 Å². The zero-order valence-corrected chi connectivity index (χ0v) is 26.1. The van der Waals surface area contributed by atoms with E-state index in [4.69, 9.17) is 9.84 Å². The van der Waals surface area contributed by atoms with Gasteiger partial charge in [-0.15, -0.1) is 0 Å². The molecule has 1 aliphatic rings. The number of aromatic nitrogens is 2. The highest BCUT2D eigenvalue weighted by Gasteiger charge is 2.46. The lowest BCUT2D eigenvalue weighted by Gasteiger charge is -2.39. The third kappa shape index (κ3) is 7.29. The van der Waals surface area contributed by atoms with Crippen LogP contribution in [-0.2, 0) is 15.7 Å². The van der Waals surface area contributed by atoms with Crippen LogP contribution in [0.2, 0.25) is 0 Å². The number of benzene rings is 3. The van der Waals surface area contributed by atoms with E-state index in [2.05, 4.69) is 10.6 Å². The largest absolute Gasteiger partial charge is 0.444 e. The van der Waals surface area contributed by atoms with Crippen molar-refractivity contribution in [2.45, 2.75) is 51.4 Å². The van der Waals surface area contributed by atoms with Crippen LogP contribution in [0, 0.1) is 12.7 Å². The summed E-state index contributed by atoms with van der Waals surface area (Å²) >= 11 is 0. The van der Waals surface area contributed by atoms with Crippen molar-refractivity contribution in [1.29, 1.82) is 0 Å². The SMILES string of the molecule is Cc1nn(-c2ccccc2)c2c1[C@H](c1ccc(F)cc1)[C@H](NC(=O)c1cccc(C(F)(F)F)c1)C(=O)N2CCNC(=O)OC(C)(C)C. The number of carbonyl (C=O) groups excluding carboxylic acids is 3. The summed E-state index contributed by atoms with van der Waals surface area (Å²) in [5.74, 6) is -2.59. The van der Waals surface area contributed by atoms with Crippen LogP contribution in [0.15, 0.2) is 78.9 Å². The first-order chi connectivity index (χ1) is 22.1. The summed E-state index contributed by atoms with van der Waals surface area (Å²) in [4.78, 5) is 41.8. The number of amides is 3. The number of halogens is 4. The average molecular weight is 652 g/mol. The topological polar surface area (TPSA) is 106 Å². The van der Waals surface area contributed by atoms with Crippen LogP contribution in [0.25, 0.3) is 5.69 Å². The Morgan fingerprint density at radius 1 is 0.957 bits per heavy atom. The van der Waals surface area contributed by atoms with E-state index in [0.29, 0.717) is 34.4 Å². The van der Waals surface area contributed by atoms with E-state index in [1.165, 1.54) is 35.2 Å². The predicted molar refractivity (Wildman–Crippen MR) is 166 cm³/mol. The summed E-state index contributed by atoms with van der Waals surface area (Å²) in [6.07, 6.45) is -5.39. The second-order valence-electron chi connectivity index (χ2n) is 12.0. The first-order valence-corrected chi connectivity index (χ1v) is 14.8. The maximum absolute atomic E-state index is 14.5. The van der Waals surface area contributed by atoms with Crippen molar-refractivity contribution in [3.63, 3.8) is 0 Å². The van der Waals surface area contributed by atoms with Gasteiger partial charge in [-0.1, -0.05) is 36.4 Å². The van der Waals surface area contributed by atoms with E-state index in [9.17, 15) is 31.9 Å². The molecule has 2 N–H and O–H groups in total. The molecule has 0 saturated heterocycles. The highest BCUT2D eigenvalue weighted by Crippen LogP contribution is 2.43. The molecule has 3 amide bonds. The van der Waals surface area contributed by atoms with Crippen molar-refractivity contribution >= 4 is 23.7 Å². The molecule has 3 aromatic carbocycles. The van der Waals surface area contributed by atoms with Crippen molar-refractivity contribution < 1.29 is 36.7 Å². The summed E-state index contributed by atoms with van der Waals surface area (Å²) in [6.45, 7) is 6.74. The lowest BCUT2D eigenvalue weighted by molar-refractivity contribution is -0.137. The maximum Gasteiger partial charge on any atom is 0.416 e. The number of ether oxygens (including phenoxy) is 1. The smallest absolute Gasteiger partial charge is 0.416 e. The summed E-state index contributed by atoms with van der Waals surface area (Å²) in [7, 11) is 0. The van der Waals surface area contributed by atoms with Crippen molar-refractivity contribution in [2.75, 3.05) is 18.0 Å². The number of hydrogen-bond donors (Lipinski definition) is 2. The van der Waals surface area contributed by atoms with Gasteiger partial charge in [-0.25, -0.2) is 13.9 Å². The Balaban J connectivity index is 1.61. The Morgan fingerprint density at radius 2 is 1.64 bits per heavy atom. The molecule has 0 fully saturated rings. The normalized spacial score (nSPS) is 16.4. The molecule has 1 aromatic heterocycles. The first kappa shape index (κ1) is 33.2. The van der Waals surface area contributed by atoms with Crippen LogP contribution in [0.4, 0.5) is 28.2 Å². The van der Waals surface area contributed by atoms with Gasteiger partial charge in [0.2, 0.25) is 0 Å². The second kappa shape index (κ2) is 12.9. The molecule has 13 heteroatoms. The monoisotopic (exact) mass is 651 g/mol. The molecule has 0 saturated carbocycles. The fourth-order valence-corrected chi connectivity index (χ4v) is 5.52. The standard InChI is InChI=1S/C34H33F4N5O4/c1-20-26-27(21-13-15-24(35)16-14-21)28(40-29(44)22-9-8-10-23(19-22)34(36,37)38)31(45)42(18-17-39-32(46)47-33(2,3)4)30(26)43(41-20)25-11-6-5-7-12-25/h5-16,19,27-28H,17-18H2,1-4H3,(H,39,46)(H,40,44)/t27-,28-/m0/s1. The molecule has 0 aliphatic carbocycles. The van der Waals surface area contributed by atoms with Crippen LogP contribution in [0.3, 0.4) is 0 Å². The molecule has 1 aliphatic heterocycles. The summed E-state index contributed by atoms with van der Waals surface area (Å²) in [5.41, 5.74) is 0.0402. The Morgan fingerprint density at radius 3 is 2.28 bits per heavy atom. The molecule has 0 spiro atoms. The zero-order valence-electron chi connectivity index (χ0n) is 26.1. The number of carbonyl (C=O) groups is 3. The van der Waals surface area contributed by atoms with Gasteiger partial charge in [0, 0.05) is 30.1 Å². The molecule has 0 unspecified atom stereocenters. The van der Waals surface area contributed by atoms with E-state index in [0.717, 1.165) is 12.1 Å². The Bertz CT molecular complexity index is 1780. The van der Waals surface area contributed by atoms with Gasteiger partial charge >= 0.3 is 12.3 Å². The summed E-state index contributed by atoms with van der Waals surface area (Å²) < 4.78 is 61.4. The third-order valence-electron chi connectivity index (χ3n) is 7.49.